The van der Waals surface area contributed by atoms with E-state index in [9.17, 15) is 24.0 Å². The molecule has 4 aliphatic rings. The summed E-state index contributed by atoms with van der Waals surface area (Å²) in [6, 6.07) is 14.5. The van der Waals surface area contributed by atoms with Crippen LogP contribution in [-0.4, -0.2) is 94.2 Å². The summed E-state index contributed by atoms with van der Waals surface area (Å²) in [7, 11) is 1.70. The van der Waals surface area contributed by atoms with E-state index in [0.717, 1.165) is 35.9 Å². The molecule has 4 aliphatic heterocycles. The highest BCUT2D eigenvalue weighted by molar-refractivity contribution is 6.00. The SMILES string of the molecule is Cn1c(=O)n(C2CCC(=O)NC2=O)c2ccc(CC3CCN(C(=O)O[C@@H]4CCN[C@@H]4C(=O)N4CCO[C@H](c5ccccc5)C4)CC3)cc21. The Kier molecular flexibility index (Phi) is 9.06. The maximum atomic E-state index is 13.5. The topological polar surface area (TPSA) is 144 Å². The van der Waals surface area contributed by atoms with Gasteiger partial charge in [-0.25, -0.2) is 9.59 Å². The number of benzene rings is 2. The summed E-state index contributed by atoms with van der Waals surface area (Å²) < 4.78 is 14.9. The van der Waals surface area contributed by atoms with Crippen LogP contribution in [0.15, 0.2) is 53.3 Å². The number of fused-ring (bicyclic) bond motifs is 1. The molecule has 4 fully saturated rings. The van der Waals surface area contributed by atoms with Crippen molar-refractivity contribution >= 4 is 34.8 Å². The smallest absolute Gasteiger partial charge is 0.410 e. The van der Waals surface area contributed by atoms with Crippen molar-refractivity contribution in [1.29, 1.82) is 0 Å². The van der Waals surface area contributed by atoms with Crippen LogP contribution in [0.25, 0.3) is 11.0 Å². The van der Waals surface area contributed by atoms with Crippen LogP contribution in [0, 0.1) is 5.92 Å². The van der Waals surface area contributed by atoms with Crippen molar-refractivity contribution < 1.29 is 28.7 Å². The second-order valence-corrected chi connectivity index (χ2v) is 13.3. The zero-order valence-electron chi connectivity index (χ0n) is 27.1. The Morgan fingerprint density at radius 1 is 0.938 bits per heavy atom. The van der Waals surface area contributed by atoms with Crippen molar-refractivity contribution in [2.75, 3.05) is 39.3 Å². The van der Waals surface area contributed by atoms with Gasteiger partial charge in [0.05, 0.1) is 24.2 Å². The van der Waals surface area contributed by atoms with E-state index in [-0.39, 0.29) is 36.1 Å². The fourth-order valence-electron chi connectivity index (χ4n) is 7.59. The number of amides is 4. The molecule has 1 unspecified atom stereocenters. The lowest BCUT2D eigenvalue weighted by Crippen LogP contribution is -2.53. The summed E-state index contributed by atoms with van der Waals surface area (Å²) in [6.45, 7) is 3.16. The molecule has 254 valence electrons. The Labute approximate surface area is 278 Å². The van der Waals surface area contributed by atoms with Gasteiger partial charge in [-0.1, -0.05) is 36.4 Å². The first-order chi connectivity index (χ1) is 23.3. The molecule has 4 amide bonds. The third-order valence-electron chi connectivity index (χ3n) is 10.3. The van der Waals surface area contributed by atoms with E-state index in [0.29, 0.717) is 63.6 Å². The second kappa shape index (κ2) is 13.6. The molecule has 0 bridgehead atoms. The molecule has 4 atom stereocenters. The van der Waals surface area contributed by atoms with Crippen LogP contribution >= 0.6 is 0 Å². The minimum absolute atomic E-state index is 0.0600. The number of likely N-dealkylation sites (tertiary alicyclic amines) is 1. The molecule has 2 N–H and O–H groups in total. The lowest BCUT2D eigenvalue weighted by Gasteiger charge is -2.36. The molecular weight excluding hydrogens is 616 g/mol. The van der Waals surface area contributed by atoms with Crippen molar-refractivity contribution in [1.82, 2.24) is 29.6 Å². The van der Waals surface area contributed by atoms with Crippen molar-refractivity contribution in [2.45, 2.75) is 62.8 Å². The number of carbonyl (C=O) groups excluding carboxylic acids is 4. The van der Waals surface area contributed by atoms with E-state index in [1.54, 1.807) is 16.5 Å². The summed E-state index contributed by atoms with van der Waals surface area (Å²) in [5.74, 6) is -0.477. The average Bonchev–Trinajstić information content (AvgIpc) is 3.66. The van der Waals surface area contributed by atoms with Gasteiger partial charge < -0.3 is 24.6 Å². The number of aromatic nitrogens is 2. The fourth-order valence-corrected chi connectivity index (χ4v) is 7.59. The zero-order chi connectivity index (χ0) is 33.4. The Bertz CT molecular complexity index is 1760. The van der Waals surface area contributed by atoms with Gasteiger partial charge in [-0.15, -0.1) is 0 Å². The van der Waals surface area contributed by atoms with Gasteiger partial charge in [0.2, 0.25) is 17.7 Å². The Morgan fingerprint density at radius 2 is 1.73 bits per heavy atom. The number of hydrogen-bond donors (Lipinski definition) is 2. The highest BCUT2D eigenvalue weighted by Gasteiger charge is 2.40. The van der Waals surface area contributed by atoms with Gasteiger partial charge in [0, 0.05) is 33.1 Å². The molecule has 48 heavy (non-hydrogen) atoms. The predicted octanol–water partition coefficient (Wildman–Crippen LogP) is 2.04. The summed E-state index contributed by atoms with van der Waals surface area (Å²) in [5.41, 5.74) is 3.24. The second-order valence-electron chi connectivity index (χ2n) is 13.3. The number of carbonyl (C=O) groups is 4. The lowest BCUT2D eigenvalue weighted by molar-refractivity contribution is -0.143. The summed E-state index contributed by atoms with van der Waals surface area (Å²) >= 11 is 0. The van der Waals surface area contributed by atoms with E-state index in [2.05, 4.69) is 10.6 Å². The third kappa shape index (κ3) is 6.36. The molecule has 3 aromatic rings. The zero-order valence-corrected chi connectivity index (χ0v) is 27.1. The molecule has 5 heterocycles. The molecule has 4 saturated heterocycles. The van der Waals surface area contributed by atoms with Crippen molar-refractivity contribution in [3.8, 4) is 0 Å². The van der Waals surface area contributed by atoms with Gasteiger partial charge in [-0.2, -0.15) is 0 Å². The highest BCUT2D eigenvalue weighted by atomic mass is 16.6. The number of nitrogens with zero attached hydrogens (tertiary/aromatic N) is 4. The van der Waals surface area contributed by atoms with Gasteiger partial charge in [0.1, 0.15) is 24.3 Å². The van der Waals surface area contributed by atoms with Crippen LogP contribution in [0.3, 0.4) is 0 Å². The molecule has 13 nitrogen and oxygen atoms in total. The average molecular weight is 659 g/mol. The number of ether oxygens (including phenoxy) is 2. The van der Waals surface area contributed by atoms with Gasteiger partial charge in [0.15, 0.2) is 0 Å². The van der Waals surface area contributed by atoms with Gasteiger partial charge >= 0.3 is 11.8 Å². The van der Waals surface area contributed by atoms with E-state index >= 15 is 0 Å². The first kappa shape index (κ1) is 32.1. The van der Waals surface area contributed by atoms with Crippen LogP contribution in [0.5, 0.6) is 0 Å². The third-order valence-corrected chi connectivity index (χ3v) is 10.3. The minimum atomic E-state index is -0.714. The number of imidazole rings is 1. The maximum absolute atomic E-state index is 13.5. The normalized spacial score (nSPS) is 25.4. The molecular formula is C35H42N6O7. The Morgan fingerprint density at radius 3 is 2.50 bits per heavy atom. The Balaban J connectivity index is 0.929. The number of imide groups is 1. The number of piperidine rings is 2. The van der Waals surface area contributed by atoms with Crippen molar-refractivity contribution in [2.24, 2.45) is 13.0 Å². The molecule has 0 aliphatic carbocycles. The number of aryl methyl sites for hydroxylation is 1. The molecule has 0 radical (unpaired) electrons. The molecule has 0 spiro atoms. The molecule has 1 aromatic heterocycles. The number of morpholine rings is 1. The summed E-state index contributed by atoms with van der Waals surface area (Å²) in [4.78, 5) is 67.6. The molecule has 7 rings (SSSR count). The van der Waals surface area contributed by atoms with Crippen molar-refractivity contribution in [3.05, 3.63) is 70.1 Å². The van der Waals surface area contributed by atoms with Crippen LogP contribution in [0.2, 0.25) is 0 Å². The standard InChI is InChI=1S/C35H42N6O7/c1-38-27-20-23(7-8-25(27)41(34(38)45)26-9-10-30(42)37-32(26)43)19-22-12-15-39(16-13-22)35(46)48-28-11-14-36-31(28)33(44)40-17-18-47-29(21-40)24-5-3-2-4-6-24/h2-8,20,22,26,28-29,31,36H,9-19,21H2,1H3,(H,37,42,43)/t26?,28-,29+,31+/m1/s1. The van der Waals surface area contributed by atoms with Crippen LogP contribution < -0.4 is 16.3 Å². The largest absolute Gasteiger partial charge is 0.444 e. The maximum Gasteiger partial charge on any atom is 0.410 e. The first-order valence-corrected chi connectivity index (χ1v) is 16.9. The first-order valence-electron chi connectivity index (χ1n) is 16.9. The molecule has 13 heteroatoms. The number of hydrogen-bond acceptors (Lipinski definition) is 8. The summed E-state index contributed by atoms with van der Waals surface area (Å²) in [6.07, 6.45) is 2.41. The summed E-state index contributed by atoms with van der Waals surface area (Å²) in [5, 5.41) is 5.61. The Hall–Kier alpha value is -4.49. The molecule has 0 saturated carbocycles. The molecule has 2 aromatic carbocycles. The van der Waals surface area contributed by atoms with Gasteiger partial charge in [-0.3, -0.25) is 28.8 Å². The number of nitrogens with one attached hydrogen (secondary N) is 2. The predicted molar refractivity (Wildman–Crippen MR) is 175 cm³/mol. The monoisotopic (exact) mass is 658 g/mol. The van der Waals surface area contributed by atoms with E-state index in [1.165, 1.54) is 4.57 Å². The van der Waals surface area contributed by atoms with Crippen molar-refractivity contribution in [3.63, 3.8) is 0 Å². The fraction of sp³-hybridized carbons (Fsp3) is 0.514. The highest BCUT2D eigenvalue weighted by Crippen LogP contribution is 2.28. The number of rotatable bonds is 6. The van der Waals surface area contributed by atoms with E-state index in [1.807, 2.05) is 53.4 Å². The van der Waals surface area contributed by atoms with E-state index in [4.69, 9.17) is 9.47 Å². The van der Waals surface area contributed by atoms with Crippen LogP contribution in [0.4, 0.5) is 4.79 Å². The van der Waals surface area contributed by atoms with Crippen LogP contribution in [0.1, 0.15) is 55.4 Å². The van der Waals surface area contributed by atoms with Gasteiger partial charge in [0.25, 0.3) is 0 Å². The van der Waals surface area contributed by atoms with Gasteiger partial charge in [-0.05, 0) is 67.8 Å². The minimum Gasteiger partial charge on any atom is -0.444 e. The van der Waals surface area contributed by atoms with Crippen LogP contribution in [-0.2, 0) is 37.3 Å². The lowest BCUT2D eigenvalue weighted by atomic mass is 9.90. The quantitative estimate of drug-likeness (QED) is 0.383. The van der Waals surface area contributed by atoms with E-state index < -0.39 is 24.1 Å².